The van der Waals surface area contributed by atoms with Crippen LogP contribution in [0, 0.1) is 0 Å². The normalized spacial score (nSPS) is 10.5. The number of hydrogen-bond donors (Lipinski definition) is 4. The van der Waals surface area contributed by atoms with Gasteiger partial charge in [-0.1, -0.05) is 0 Å². The first-order chi connectivity index (χ1) is 9.70. The van der Waals surface area contributed by atoms with Crippen LogP contribution in [0.4, 0.5) is 5.69 Å². The number of benzene rings is 1. The van der Waals surface area contributed by atoms with Crippen molar-refractivity contribution >= 4 is 30.1 Å². The zero-order valence-corrected chi connectivity index (χ0v) is 13.3. The maximum absolute atomic E-state index is 11.0. The van der Waals surface area contributed by atoms with Gasteiger partial charge in [0.2, 0.25) is 0 Å². The van der Waals surface area contributed by atoms with Crippen molar-refractivity contribution < 1.29 is 21.8 Å². The van der Waals surface area contributed by atoms with Gasteiger partial charge in [-0.25, -0.2) is 4.98 Å². The van der Waals surface area contributed by atoms with Gasteiger partial charge in [0.05, 0.1) is 6.33 Å². The number of nitrogens with one attached hydrogen (secondary N) is 1. The molecule has 0 saturated heterocycles. The monoisotopic (exact) mass is 357 g/mol. The van der Waals surface area contributed by atoms with Gasteiger partial charge in [0.1, 0.15) is 0 Å². The summed E-state index contributed by atoms with van der Waals surface area (Å²) in [5, 5.41) is 11.6. The summed E-state index contributed by atoms with van der Waals surface area (Å²) >= 11 is -5.15. The van der Waals surface area contributed by atoms with Gasteiger partial charge in [0, 0.05) is 19.4 Å². The van der Waals surface area contributed by atoms with E-state index in [1.165, 1.54) is 13.0 Å². The van der Waals surface area contributed by atoms with Crippen LogP contribution < -0.4 is 9.67 Å². The SMILES string of the molecule is CC(=O)Nc1ccc(O)c([As](=O)(O)O)c1.Cn1ccnc1. The molecule has 1 aromatic heterocycles. The number of anilines is 1. The molecule has 1 heterocycles. The summed E-state index contributed by atoms with van der Waals surface area (Å²) < 4.78 is 30.3. The summed E-state index contributed by atoms with van der Waals surface area (Å²) in [6, 6.07) is 3.55. The fourth-order valence-electron chi connectivity index (χ4n) is 1.36. The van der Waals surface area contributed by atoms with Crippen molar-refractivity contribution in [2.75, 3.05) is 5.32 Å². The van der Waals surface area contributed by atoms with E-state index in [2.05, 4.69) is 10.3 Å². The molecule has 1 amide bonds. The van der Waals surface area contributed by atoms with Crippen molar-refractivity contribution in [3.8, 4) is 5.75 Å². The van der Waals surface area contributed by atoms with Gasteiger partial charge in [-0.2, -0.15) is 0 Å². The molecule has 114 valence electrons. The van der Waals surface area contributed by atoms with Gasteiger partial charge in [-0.15, -0.1) is 0 Å². The number of aryl methyl sites for hydroxylation is 1. The first kappa shape index (κ1) is 17.0. The Morgan fingerprint density at radius 3 is 2.43 bits per heavy atom. The Labute approximate surface area is 124 Å². The molecule has 8 nitrogen and oxygen atoms in total. The Hall–Kier alpha value is -2.02. The molecule has 0 unspecified atom stereocenters. The largest absolute Gasteiger partial charge is 0.341 e. The van der Waals surface area contributed by atoms with E-state index in [0.717, 1.165) is 12.1 Å². The van der Waals surface area contributed by atoms with Crippen LogP contribution in [-0.4, -0.2) is 42.9 Å². The number of hydrogen-bond acceptors (Lipinski definition) is 4. The van der Waals surface area contributed by atoms with Crippen LogP contribution in [0.1, 0.15) is 6.92 Å². The zero-order chi connectivity index (χ0) is 16.0. The standard InChI is InChI=1S/C8H10AsNO5.C4H6N2/c1-5(11)10-6-2-3-8(12)7(4-6)9(13,14)15;1-6-3-2-5-4-6/h2-4,12H,1H3,(H,10,11)(H2,13,14,15);2-4H,1H3. The Bertz CT molecular complexity index is 651. The van der Waals surface area contributed by atoms with E-state index in [4.69, 9.17) is 8.19 Å². The van der Waals surface area contributed by atoms with E-state index in [-0.39, 0.29) is 11.6 Å². The molecule has 4 N–H and O–H groups in total. The first-order valence-corrected chi connectivity index (χ1v) is 9.17. The average molecular weight is 357 g/mol. The van der Waals surface area contributed by atoms with E-state index in [1.54, 1.807) is 12.5 Å². The van der Waals surface area contributed by atoms with Gasteiger partial charge in [-0.3, -0.25) is 0 Å². The first-order valence-electron chi connectivity index (χ1n) is 5.79. The third-order valence-electron chi connectivity index (χ3n) is 2.25. The molecule has 0 aliphatic rings. The van der Waals surface area contributed by atoms with Gasteiger partial charge >= 0.3 is 88.1 Å². The van der Waals surface area contributed by atoms with E-state index >= 15 is 0 Å². The molecule has 0 aliphatic heterocycles. The minimum absolute atomic E-state index is 0.236. The van der Waals surface area contributed by atoms with Gasteiger partial charge < -0.3 is 4.57 Å². The maximum atomic E-state index is 11.0. The molecule has 2 rings (SSSR count). The summed E-state index contributed by atoms with van der Waals surface area (Å²) in [6.07, 6.45) is 5.39. The molecule has 0 atom stereocenters. The molecule has 2 aromatic rings. The molecule has 0 aliphatic carbocycles. The molecule has 0 spiro atoms. The van der Waals surface area contributed by atoms with Gasteiger partial charge in [0.25, 0.3) is 0 Å². The minimum Gasteiger partial charge on any atom is -0.341 e. The van der Waals surface area contributed by atoms with Crippen molar-refractivity contribution in [1.29, 1.82) is 0 Å². The number of imidazole rings is 1. The third-order valence-corrected chi connectivity index (χ3v) is 4.31. The zero-order valence-electron chi connectivity index (χ0n) is 11.5. The number of phenolic OH excluding ortho intramolecular Hbond substituents is 1. The molecule has 9 heteroatoms. The number of phenols is 1. The van der Waals surface area contributed by atoms with Crippen LogP contribution >= 0.6 is 0 Å². The molecule has 1 aromatic carbocycles. The van der Waals surface area contributed by atoms with Crippen molar-refractivity contribution in [3.05, 3.63) is 36.9 Å². The number of rotatable bonds is 2. The summed E-state index contributed by atoms with van der Waals surface area (Å²) in [7, 11) is 1.94. The van der Waals surface area contributed by atoms with Crippen LogP contribution in [0.25, 0.3) is 0 Å². The molecule has 0 bridgehead atoms. The maximum Gasteiger partial charge on any atom is 0.0943 e. The van der Waals surface area contributed by atoms with Crippen molar-refractivity contribution in [3.63, 3.8) is 0 Å². The summed E-state index contributed by atoms with van der Waals surface area (Å²) in [5.74, 6) is -0.832. The molecular formula is C12H16AsN3O5. The van der Waals surface area contributed by atoms with Gasteiger partial charge in [-0.05, 0) is 0 Å². The Kier molecular flexibility index (Phi) is 5.77. The Morgan fingerprint density at radius 2 is 2.05 bits per heavy atom. The van der Waals surface area contributed by atoms with Crippen LogP contribution in [-0.2, 0) is 15.6 Å². The number of amides is 1. The number of aromatic nitrogens is 2. The molecule has 0 radical (unpaired) electrons. The van der Waals surface area contributed by atoms with Crippen molar-refractivity contribution in [1.82, 2.24) is 9.55 Å². The second-order valence-corrected chi connectivity index (χ2v) is 7.45. The van der Waals surface area contributed by atoms with E-state index in [1.807, 2.05) is 17.8 Å². The van der Waals surface area contributed by atoms with Crippen molar-refractivity contribution in [2.24, 2.45) is 7.05 Å². The topological polar surface area (TPSA) is 125 Å². The van der Waals surface area contributed by atoms with Crippen LogP contribution in [0.5, 0.6) is 5.75 Å². The Morgan fingerprint density at radius 1 is 1.38 bits per heavy atom. The number of carbonyl (C=O) groups excluding carboxylic acids is 1. The van der Waals surface area contributed by atoms with Crippen LogP contribution in [0.3, 0.4) is 0 Å². The third kappa shape index (κ3) is 5.86. The number of aromatic hydroxyl groups is 1. The van der Waals surface area contributed by atoms with Crippen molar-refractivity contribution in [2.45, 2.75) is 6.92 Å². The summed E-state index contributed by atoms with van der Waals surface area (Å²) in [5.41, 5.74) is 0.236. The minimum atomic E-state index is -5.15. The predicted molar refractivity (Wildman–Crippen MR) is 76.1 cm³/mol. The van der Waals surface area contributed by atoms with Crippen LogP contribution in [0.2, 0.25) is 0 Å². The second-order valence-electron chi connectivity index (χ2n) is 4.16. The molecular weight excluding hydrogens is 341 g/mol. The fraction of sp³-hybridized carbons (Fsp3) is 0.167. The summed E-state index contributed by atoms with van der Waals surface area (Å²) in [6.45, 7) is 1.27. The quantitative estimate of drug-likeness (QED) is 0.418. The molecule has 0 fully saturated rings. The molecule has 0 saturated carbocycles. The number of nitrogens with zero attached hydrogens (tertiary/aromatic N) is 2. The van der Waals surface area contributed by atoms with E-state index < -0.39 is 24.3 Å². The Balaban J connectivity index is 0.000000304. The van der Waals surface area contributed by atoms with Gasteiger partial charge in [0.15, 0.2) is 0 Å². The predicted octanol–water partition coefficient (Wildman–Crippen LogP) is -0.668. The van der Waals surface area contributed by atoms with E-state index in [0.29, 0.717) is 0 Å². The average Bonchev–Trinajstić information content (AvgIpc) is 2.81. The fourth-order valence-corrected chi connectivity index (χ4v) is 2.79. The van der Waals surface area contributed by atoms with E-state index in [9.17, 15) is 13.6 Å². The second kappa shape index (κ2) is 7.12. The smallest absolute Gasteiger partial charge is 0.0943 e. The molecule has 21 heavy (non-hydrogen) atoms. The van der Waals surface area contributed by atoms with Crippen LogP contribution in [0.15, 0.2) is 36.9 Å². The summed E-state index contributed by atoms with van der Waals surface area (Å²) in [4.78, 5) is 14.5. The number of carbonyl (C=O) groups is 1.